The SMILES string of the molecule is CNCc1ccn(CC2OCCc3ccccc32)c1. The molecule has 1 unspecified atom stereocenters. The second kappa shape index (κ2) is 5.59. The van der Waals surface area contributed by atoms with E-state index in [2.05, 4.69) is 52.6 Å². The summed E-state index contributed by atoms with van der Waals surface area (Å²) in [4.78, 5) is 0. The second-order valence-electron chi connectivity index (χ2n) is 5.06. The van der Waals surface area contributed by atoms with Gasteiger partial charge < -0.3 is 14.6 Å². The van der Waals surface area contributed by atoms with Crippen molar-refractivity contribution in [3.05, 3.63) is 59.4 Å². The van der Waals surface area contributed by atoms with Crippen molar-refractivity contribution in [1.82, 2.24) is 9.88 Å². The zero-order valence-electron chi connectivity index (χ0n) is 11.3. The van der Waals surface area contributed by atoms with E-state index in [4.69, 9.17) is 4.74 Å². The molecule has 1 aromatic heterocycles. The van der Waals surface area contributed by atoms with Gasteiger partial charge in [0.15, 0.2) is 0 Å². The Morgan fingerprint density at radius 1 is 1.32 bits per heavy atom. The first-order valence-corrected chi connectivity index (χ1v) is 6.85. The molecule has 0 amide bonds. The predicted molar refractivity (Wildman–Crippen MR) is 76.0 cm³/mol. The van der Waals surface area contributed by atoms with Gasteiger partial charge in [-0.05, 0) is 36.2 Å². The lowest BCUT2D eigenvalue weighted by atomic mass is 9.97. The maximum atomic E-state index is 5.94. The van der Waals surface area contributed by atoms with E-state index in [9.17, 15) is 0 Å². The molecule has 0 saturated heterocycles. The van der Waals surface area contributed by atoms with Crippen LogP contribution >= 0.6 is 0 Å². The molecule has 0 aliphatic carbocycles. The van der Waals surface area contributed by atoms with Crippen molar-refractivity contribution in [3.63, 3.8) is 0 Å². The van der Waals surface area contributed by atoms with Crippen LogP contribution in [0.2, 0.25) is 0 Å². The number of benzene rings is 1. The lowest BCUT2D eigenvalue weighted by Crippen LogP contribution is -2.20. The highest BCUT2D eigenvalue weighted by molar-refractivity contribution is 5.31. The van der Waals surface area contributed by atoms with Gasteiger partial charge >= 0.3 is 0 Å². The number of aromatic nitrogens is 1. The fourth-order valence-corrected chi connectivity index (χ4v) is 2.73. The molecule has 0 saturated carbocycles. The third kappa shape index (κ3) is 2.72. The van der Waals surface area contributed by atoms with Gasteiger partial charge in [-0.2, -0.15) is 0 Å². The zero-order chi connectivity index (χ0) is 13.1. The Morgan fingerprint density at radius 2 is 2.21 bits per heavy atom. The van der Waals surface area contributed by atoms with E-state index in [0.29, 0.717) is 0 Å². The fourth-order valence-electron chi connectivity index (χ4n) is 2.73. The van der Waals surface area contributed by atoms with Gasteiger partial charge in [0.1, 0.15) is 6.10 Å². The molecule has 0 spiro atoms. The largest absolute Gasteiger partial charge is 0.371 e. The van der Waals surface area contributed by atoms with E-state index in [1.165, 1.54) is 16.7 Å². The minimum absolute atomic E-state index is 0.180. The average molecular weight is 256 g/mol. The van der Waals surface area contributed by atoms with Crippen LogP contribution in [0.15, 0.2) is 42.7 Å². The maximum Gasteiger partial charge on any atom is 0.101 e. The van der Waals surface area contributed by atoms with Crippen molar-refractivity contribution in [2.24, 2.45) is 0 Å². The van der Waals surface area contributed by atoms with E-state index in [1.807, 2.05) is 7.05 Å². The highest BCUT2D eigenvalue weighted by Gasteiger charge is 2.20. The minimum atomic E-state index is 0.180. The summed E-state index contributed by atoms with van der Waals surface area (Å²) in [5, 5.41) is 3.17. The quantitative estimate of drug-likeness (QED) is 0.909. The van der Waals surface area contributed by atoms with Gasteiger partial charge in [-0.15, -0.1) is 0 Å². The molecule has 2 aromatic rings. The average Bonchev–Trinajstić information content (AvgIpc) is 2.87. The highest BCUT2D eigenvalue weighted by Crippen LogP contribution is 2.28. The highest BCUT2D eigenvalue weighted by atomic mass is 16.5. The van der Waals surface area contributed by atoms with Crippen molar-refractivity contribution in [1.29, 1.82) is 0 Å². The number of hydrogen-bond donors (Lipinski definition) is 1. The Bertz CT molecular complexity index is 547. The van der Waals surface area contributed by atoms with Crippen molar-refractivity contribution >= 4 is 0 Å². The normalized spacial score (nSPS) is 18.3. The van der Waals surface area contributed by atoms with Crippen LogP contribution in [0.3, 0.4) is 0 Å². The summed E-state index contributed by atoms with van der Waals surface area (Å²) in [6, 6.07) is 10.8. The topological polar surface area (TPSA) is 26.2 Å². The van der Waals surface area contributed by atoms with Crippen molar-refractivity contribution < 1.29 is 4.74 Å². The monoisotopic (exact) mass is 256 g/mol. The summed E-state index contributed by atoms with van der Waals surface area (Å²) < 4.78 is 8.16. The van der Waals surface area contributed by atoms with Crippen LogP contribution in [0.25, 0.3) is 0 Å². The van der Waals surface area contributed by atoms with E-state index < -0.39 is 0 Å². The minimum Gasteiger partial charge on any atom is -0.371 e. The second-order valence-corrected chi connectivity index (χ2v) is 5.06. The lowest BCUT2D eigenvalue weighted by Gasteiger charge is -2.26. The molecule has 1 aliphatic rings. The molecule has 100 valence electrons. The summed E-state index contributed by atoms with van der Waals surface area (Å²) >= 11 is 0. The zero-order valence-corrected chi connectivity index (χ0v) is 11.3. The fraction of sp³-hybridized carbons (Fsp3) is 0.375. The molecule has 1 aromatic carbocycles. The van der Waals surface area contributed by atoms with Crippen LogP contribution in [0, 0.1) is 0 Å². The third-order valence-electron chi connectivity index (χ3n) is 3.66. The van der Waals surface area contributed by atoms with E-state index in [0.717, 1.165) is 26.1 Å². The number of ether oxygens (including phenoxy) is 1. The molecule has 0 radical (unpaired) electrons. The molecule has 1 aliphatic heterocycles. The molecule has 3 heteroatoms. The smallest absolute Gasteiger partial charge is 0.101 e. The maximum absolute atomic E-state index is 5.94. The van der Waals surface area contributed by atoms with Crippen LogP contribution in [-0.4, -0.2) is 18.2 Å². The Balaban J connectivity index is 1.76. The molecule has 3 rings (SSSR count). The first-order valence-electron chi connectivity index (χ1n) is 6.85. The predicted octanol–water partition coefficient (Wildman–Crippen LogP) is 2.52. The Kier molecular flexibility index (Phi) is 3.67. The first-order chi connectivity index (χ1) is 9.36. The number of rotatable bonds is 4. The molecule has 1 atom stereocenters. The van der Waals surface area contributed by atoms with E-state index in [1.54, 1.807) is 0 Å². The van der Waals surface area contributed by atoms with Crippen molar-refractivity contribution in [3.8, 4) is 0 Å². The first kappa shape index (κ1) is 12.5. The van der Waals surface area contributed by atoms with Gasteiger partial charge in [0.2, 0.25) is 0 Å². The van der Waals surface area contributed by atoms with Gasteiger partial charge in [0.25, 0.3) is 0 Å². The number of hydrogen-bond acceptors (Lipinski definition) is 2. The Hall–Kier alpha value is -1.58. The Labute approximate surface area is 114 Å². The van der Waals surface area contributed by atoms with Crippen LogP contribution in [0.1, 0.15) is 22.8 Å². The van der Waals surface area contributed by atoms with Crippen LogP contribution in [0.4, 0.5) is 0 Å². The molecule has 0 fully saturated rings. The third-order valence-corrected chi connectivity index (χ3v) is 3.66. The summed E-state index contributed by atoms with van der Waals surface area (Å²) in [6.45, 7) is 2.63. The summed E-state index contributed by atoms with van der Waals surface area (Å²) in [7, 11) is 1.97. The van der Waals surface area contributed by atoms with Gasteiger partial charge in [0.05, 0.1) is 13.2 Å². The van der Waals surface area contributed by atoms with Crippen molar-refractivity contribution in [2.75, 3.05) is 13.7 Å². The summed E-state index contributed by atoms with van der Waals surface area (Å²) in [6.07, 6.45) is 5.54. The molecular formula is C16H20N2O. The molecular weight excluding hydrogens is 236 g/mol. The summed E-state index contributed by atoms with van der Waals surface area (Å²) in [5.74, 6) is 0. The van der Waals surface area contributed by atoms with Crippen LogP contribution < -0.4 is 5.32 Å². The lowest BCUT2D eigenvalue weighted by molar-refractivity contribution is 0.0306. The van der Waals surface area contributed by atoms with Gasteiger partial charge in [-0.3, -0.25) is 0 Å². The van der Waals surface area contributed by atoms with E-state index >= 15 is 0 Å². The van der Waals surface area contributed by atoms with Gasteiger partial charge in [-0.25, -0.2) is 0 Å². The molecule has 1 N–H and O–H groups in total. The standard InChI is InChI=1S/C16H20N2O/c1-17-10-13-6-8-18(11-13)12-16-15-5-3-2-4-14(15)7-9-19-16/h2-6,8,11,16-17H,7,9-10,12H2,1H3. The van der Waals surface area contributed by atoms with E-state index in [-0.39, 0.29) is 6.10 Å². The Morgan fingerprint density at radius 3 is 3.11 bits per heavy atom. The van der Waals surface area contributed by atoms with Crippen molar-refractivity contribution in [2.45, 2.75) is 25.6 Å². The summed E-state index contributed by atoms with van der Waals surface area (Å²) in [5.41, 5.74) is 4.09. The molecule has 2 heterocycles. The van der Waals surface area contributed by atoms with Crippen LogP contribution in [-0.2, 0) is 24.2 Å². The number of nitrogens with zero attached hydrogens (tertiary/aromatic N) is 1. The number of fused-ring (bicyclic) bond motifs is 1. The van der Waals surface area contributed by atoms with Gasteiger partial charge in [-0.1, -0.05) is 24.3 Å². The molecule has 3 nitrogen and oxygen atoms in total. The molecule has 0 bridgehead atoms. The van der Waals surface area contributed by atoms with Gasteiger partial charge in [0, 0.05) is 18.9 Å². The van der Waals surface area contributed by atoms with Crippen LogP contribution in [0.5, 0.6) is 0 Å². The number of nitrogens with one attached hydrogen (secondary N) is 1. The molecule has 19 heavy (non-hydrogen) atoms.